The van der Waals surface area contributed by atoms with Gasteiger partial charge in [0.25, 0.3) is 5.91 Å². The molecule has 0 saturated heterocycles. The quantitative estimate of drug-likeness (QED) is 0.727. The minimum absolute atomic E-state index is 0.0290. The SMILES string of the molecule is Cc1ccn2ncc(C(=O)N3CC(C(C)C)c4ccccc43)c2n1. The van der Waals surface area contributed by atoms with Gasteiger partial charge in [-0.3, -0.25) is 4.79 Å². The highest BCUT2D eigenvalue weighted by atomic mass is 16.2. The summed E-state index contributed by atoms with van der Waals surface area (Å²) in [4.78, 5) is 19.6. The number of aromatic nitrogens is 3. The Balaban J connectivity index is 1.78. The van der Waals surface area contributed by atoms with Crippen LogP contribution in [-0.2, 0) is 0 Å². The number of aryl methyl sites for hydroxylation is 1. The molecule has 2 aromatic heterocycles. The molecule has 3 aromatic rings. The molecule has 3 heterocycles. The largest absolute Gasteiger partial charge is 0.307 e. The van der Waals surface area contributed by atoms with Gasteiger partial charge >= 0.3 is 0 Å². The molecule has 0 spiro atoms. The Bertz CT molecular complexity index is 928. The van der Waals surface area contributed by atoms with Crippen molar-refractivity contribution in [2.24, 2.45) is 5.92 Å². The third-order valence-electron chi connectivity index (χ3n) is 4.79. The standard InChI is InChI=1S/C19H20N4O/c1-12(2)16-11-22(17-7-5-4-6-14(16)17)19(24)15-10-20-23-9-8-13(3)21-18(15)23/h4-10,12,16H,11H2,1-3H3. The van der Waals surface area contributed by atoms with E-state index in [-0.39, 0.29) is 5.91 Å². The van der Waals surface area contributed by atoms with Gasteiger partial charge in [0.1, 0.15) is 5.56 Å². The molecule has 1 atom stereocenters. The molecule has 122 valence electrons. The first-order valence-electron chi connectivity index (χ1n) is 8.28. The number of fused-ring (bicyclic) bond motifs is 2. The normalized spacial score (nSPS) is 16.8. The van der Waals surface area contributed by atoms with Crippen LogP contribution in [0.4, 0.5) is 5.69 Å². The number of para-hydroxylation sites is 1. The summed E-state index contributed by atoms with van der Waals surface area (Å²) in [6.45, 7) is 7.03. The second kappa shape index (κ2) is 5.44. The maximum absolute atomic E-state index is 13.2. The van der Waals surface area contributed by atoms with Crippen LogP contribution in [0.1, 0.15) is 41.4 Å². The van der Waals surface area contributed by atoms with Crippen LogP contribution in [0.5, 0.6) is 0 Å². The van der Waals surface area contributed by atoms with Crippen molar-refractivity contribution in [2.75, 3.05) is 11.4 Å². The van der Waals surface area contributed by atoms with E-state index in [1.165, 1.54) is 5.56 Å². The fourth-order valence-corrected chi connectivity index (χ4v) is 3.46. The van der Waals surface area contributed by atoms with E-state index in [0.29, 0.717) is 29.6 Å². The molecule has 0 N–H and O–H groups in total. The fraction of sp³-hybridized carbons (Fsp3) is 0.316. The minimum atomic E-state index is -0.0290. The van der Waals surface area contributed by atoms with Gasteiger partial charge in [0, 0.05) is 30.0 Å². The van der Waals surface area contributed by atoms with Crippen molar-refractivity contribution in [1.82, 2.24) is 14.6 Å². The number of carbonyl (C=O) groups excluding carboxylic acids is 1. The molecule has 24 heavy (non-hydrogen) atoms. The zero-order valence-corrected chi connectivity index (χ0v) is 14.1. The lowest BCUT2D eigenvalue weighted by atomic mass is 9.90. The Labute approximate surface area is 140 Å². The number of rotatable bonds is 2. The summed E-state index contributed by atoms with van der Waals surface area (Å²) in [6, 6.07) is 10.1. The summed E-state index contributed by atoms with van der Waals surface area (Å²) in [7, 11) is 0. The van der Waals surface area contributed by atoms with E-state index in [9.17, 15) is 4.79 Å². The van der Waals surface area contributed by atoms with Gasteiger partial charge in [0.05, 0.1) is 6.20 Å². The van der Waals surface area contributed by atoms with Gasteiger partial charge in [-0.05, 0) is 30.5 Å². The number of anilines is 1. The summed E-state index contributed by atoms with van der Waals surface area (Å²) in [5.74, 6) is 0.814. The molecular weight excluding hydrogens is 300 g/mol. The lowest BCUT2D eigenvalue weighted by Gasteiger charge is -2.18. The minimum Gasteiger partial charge on any atom is -0.307 e. The van der Waals surface area contributed by atoms with Crippen molar-refractivity contribution in [3.63, 3.8) is 0 Å². The van der Waals surface area contributed by atoms with Crippen molar-refractivity contribution in [3.05, 3.63) is 59.5 Å². The van der Waals surface area contributed by atoms with Crippen LogP contribution < -0.4 is 4.90 Å². The first-order valence-corrected chi connectivity index (χ1v) is 8.28. The predicted octanol–water partition coefficient (Wildman–Crippen LogP) is 3.44. The highest BCUT2D eigenvalue weighted by Crippen LogP contribution is 2.40. The molecular formula is C19H20N4O. The molecule has 1 amide bonds. The first-order chi connectivity index (χ1) is 11.6. The Kier molecular flexibility index (Phi) is 3.37. The lowest BCUT2D eigenvalue weighted by Crippen LogP contribution is -2.30. The molecule has 0 fully saturated rings. The third-order valence-corrected chi connectivity index (χ3v) is 4.79. The molecule has 5 nitrogen and oxygen atoms in total. The Morgan fingerprint density at radius 1 is 1.25 bits per heavy atom. The second-order valence-electron chi connectivity index (χ2n) is 6.72. The van der Waals surface area contributed by atoms with Crippen LogP contribution in [0.2, 0.25) is 0 Å². The molecule has 0 aliphatic carbocycles. The van der Waals surface area contributed by atoms with Crippen molar-refractivity contribution >= 4 is 17.2 Å². The number of hydrogen-bond donors (Lipinski definition) is 0. The van der Waals surface area contributed by atoms with E-state index in [1.54, 1.807) is 10.7 Å². The molecule has 5 heteroatoms. The highest BCUT2D eigenvalue weighted by molar-refractivity contribution is 6.10. The van der Waals surface area contributed by atoms with Gasteiger partial charge in [-0.1, -0.05) is 32.0 Å². The molecule has 0 radical (unpaired) electrons. The number of amides is 1. The van der Waals surface area contributed by atoms with Gasteiger partial charge in [-0.15, -0.1) is 0 Å². The number of benzene rings is 1. The lowest BCUT2D eigenvalue weighted by molar-refractivity contribution is 0.0988. The van der Waals surface area contributed by atoms with Crippen LogP contribution in [0.25, 0.3) is 5.65 Å². The molecule has 1 aromatic carbocycles. The van der Waals surface area contributed by atoms with Gasteiger partial charge in [0.2, 0.25) is 0 Å². The highest BCUT2D eigenvalue weighted by Gasteiger charge is 2.35. The molecule has 0 saturated carbocycles. The van der Waals surface area contributed by atoms with Crippen LogP contribution in [0, 0.1) is 12.8 Å². The van der Waals surface area contributed by atoms with Crippen molar-refractivity contribution in [1.29, 1.82) is 0 Å². The van der Waals surface area contributed by atoms with E-state index >= 15 is 0 Å². The predicted molar refractivity (Wildman–Crippen MR) is 93.4 cm³/mol. The first kappa shape index (κ1) is 14.9. The zero-order chi connectivity index (χ0) is 16.8. The van der Waals surface area contributed by atoms with E-state index in [2.05, 4.69) is 30.0 Å². The van der Waals surface area contributed by atoms with Gasteiger partial charge in [-0.2, -0.15) is 5.10 Å². The van der Waals surface area contributed by atoms with Crippen LogP contribution in [0.3, 0.4) is 0 Å². The number of nitrogens with zero attached hydrogens (tertiary/aromatic N) is 4. The summed E-state index contributed by atoms with van der Waals surface area (Å²) in [6.07, 6.45) is 3.46. The van der Waals surface area contributed by atoms with Crippen LogP contribution in [-0.4, -0.2) is 27.0 Å². The van der Waals surface area contributed by atoms with Crippen molar-refractivity contribution < 1.29 is 4.79 Å². The van der Waals surface area contributed by atoms with Gasteiger partial charge < -0.3 is 4.90 Å². The summed E-state index contributed by atoms with van der Waals surface area (Å²) in [5.41, 5.74) is 4.30. The maximum Gasteiger partial charge on any atom is 0.263 e. The molecule has 1 unspecified atom stereocenters. The van der Waals surface area contributed by atoms with Gasteiger partial charge in [-0.25, -0.2) is 9.50 Å². The van der Waals surface area contributed by atoms with E-state index in [0.717, 1.165) is 11.4 Å². The molecule has 1 aliphatic heterocycles. The van der Waals surface area contributed by atoms with E-state index in [4.69, 9.17) is 0 Å². The van der Waals surface area contributed by atoms with Crippen LogP contribution in [0.15, 0.2) is 42.7 Å². The molecule has 4 rings (SSSR count). The molecule has 0 bridgehead atoms. The van der Waals surface area contributed by atoms with E-state index < -0.39 is 0 Å². The molecule has 1 aliphatic rings. The number of carbonyl (C=O) groups is 1. The Morgan fingerprint density at radius 2 is 2.04 bits per heavy atom. The summed E-state index contributed by atoms with van der Waals surface area (Å²) < 4.78 is 1.65. The maximum atomic E-state index is 13.2. The average molecular weight is 320 g/mol. The number of hydrogen-bond acceptors (Lipinski definition) is 3. The Morgan fingerprint density at radius 3 is 2.83 bits per heavy atom. The zero-order valence-electron chi connectivity index (χ0n) is 14.1. The summed E-state index contributed by atoms with van der Waals surface area (Å²) >= 11 is 0. The van der Waals surface area contributed by atoms with Crippen molar-refractivity contribution in [2.45, 2.75) is 26.7 Å². The smallest absolute Gasteiger partial charge is 0.263 e. The van der Waals surface area contributed by atoms with Gasteiger partial charge in [0.15, 0.2) is 5.65 Å². The van der Waals surface area contributed by atoms with Crippen LogP contribution >= 0.6 is 0 Å². The Hall–Kier alpha value is -2.69. The second-order valence-corrected chi connectivity index (χ2v) is 6.72. The van der Waals surface area contributed by atoms with E-state index in [1.807, 2.05) is 42.3 Å². The monoisotopic (exact) mass is 320 g/mol. The average Bonchev–Trinajstić information content (AvgIpc) is 3.15. The summed E-state index contributed by atoms with van der Waals surface area (Å²) in [5, 5.41) is 4.27. The topological polar surface area (TPSA) is 50.5 Å². The third kappa shape index (κ3) is 2.19. The fourth-order valence-electron chi connectivity index (χ4n) is 3.46. The van der Waals surface area contributed by atoms with Crippen molar-refractivity contribution in [3.8, 4) is 0 Å².